The van der Waals surface area contributed by atoms with Crippen molar-refractivity contribution in [2.75, 3.05) is 20.8 Å². The minimum absolute atomic E-state index is 0.444. The second kappa shape index (κ2) is 4.41. The Morgan fingerprint density at radius 2 is 1.87 bits per heavy atom. The van der Waals surface area contributed by atoms with E-state index in [-0.39, 0.29) is 0 Å². The predicted molar refractivity (Wildman–Crippen MR) is 62.6 cm³/mol. The van der Waals surface area contributed by atoms with E-state index in [2.05, 4.69) is 21.2 Å². The van der Waals surface area contributed by atoms with Crippen molar-refractivity contribution in [3.05, 3.63) is 22.2 Å². The van der Waals surface area contributed by atoms with Crippen LogP contribution in [0, 0.1) is 0 Å². The quantitative estimate of drug-likeness (QED) is 0.917. The average molecular weight is 272 g/mol. The van der Waals surface area contributed by atoms with Crippen molar-refractivity contribution in [2.24, 2.45) is 0 Å². The lowest BCUT2D eigenvalue weighted by molar-refractivity contribution is 0.348. The third-order valence-electron chi connectivity index (χ3n) is 2.70. The molecule has 0 amide bonds. The summed E-state index contributed by atoms with van der Waals surface area (Å²) < 4.78 is 11.6. The Bertz CT molecular complexity index is 364. The molecule has 0 aliphatic carbocycles. The highest BCUT2D eigenvalue weighted by molar-refractivity contribution is 9.10. The summed E-state index contributed by atoms with van der Waals surface area (Å²) >= 11 is 3.55. The van der Waals surface area contributed by atoms with E-state index in [0.717, 1.165) is 22.5 Å². The maximum absolute atomic E-state index is 5.28. The molecule has 0 aromatic heterocycles. The lowest BCUT2D eigenvalue weighted by atomic mass is 9.98. The van der Waals surface area contributed by atoms with Crippen LogP contribution in [-0.2, 0) is 0 Å². The minimum atomic E-state index is 0.444. The summed E-state index contributed by atoms with van der Waals surface area (Å²) in [7, 11) is 3.30. The summed E-state index contributed by atoms with van der Waals surface area (Å²) in [5, 5.41) is 3.37. The van der Waals surface area contributed by atoms with Gasteiger partial charge in [-0.15, -0.1) is 0 Å². The molecule has 4 heteroatoms. The Labute approximate surface area is 97.9 Å². The van der Waals surface area contributed by atoms with Crippen LogP contribution in [0.1, 0.15) is 18.0 Å². The fourth-order valence-electron chi connectivity index (χ4n) is 1.69. The molecule has 15 heavy (non-hydrogen) atoms. The van der Waals surface area contributed by atoms with Gasteiger partial charge in [0.15, 0.2) is 11.5 Å². The fourth-order valence-corrected chi connectivity index (χ4v) is 2.29. The average Bonchev–Trinajstić information content (AvgIpc) is 2.17. The smallest absolute Gasteiger partial charge is 0.161 e. The maximum atomic E-state index is 5.28. The van der Waals surface area contributed by atoms with E-state index in [0.29, 0.717) is 6.04 Å². The van der Waals surface area contributed by atoms with Crippen LogP contribution in [0.15, 0.2) is 16.6 Å². The van der Waals surface area contributed by atoms with Crippen LogP contribution in [0.25, 0.3) is 0 Å². The van der Waals surface area contributed by atoms with E-state index in [1.807, 2.05) is 12.1 Å². The molecule has 1 aromatic rings. The van der Waals surface area contributed by atoms with Gasteiger partial charge in [-0.1, -0.05) is 15.9 Å². The first-order chi connectivity index (χ1) is 7.26. The highest BCUT2D eigenvalue weighted by Crippen LogP contribution is 2.38. The Hall–Kier alpha value is -0.740. The van der Waals surface area contributed by atoms with Crippen molar-refractivity contribution in [1.29, 1.82) is 0 Å². The third kappa shape index (κ3) is 1.96. The summed E-state index contributed by atoms with van der Waals surface area (Å²) in [6, 6.07) is 4.42. The van der Waals surface area contributed by atoms with Gasteiger partial charge in [-0.05, 0) is 30.7 Å². The fraction of sp³-hybridized carbons (Fsp3) is 0.455. The monoisotopic (exact) mass is 271 g/mol. The van der Waals surface area contributed by atoms with Crippen LogP contribution >= 0.6 is 15.9 Å². The van der Waals surface area contributed by atoms with Crippen molar-refractivity contribution in [3.8, 4) is 11.5 Å². The minimum Gasteiger partial charge on any atom is -0.493 e. The second-order valence-corrected chi connectivity index (χ2v) is 4.38. The Morgan fingerprint density at radius 1 is 1.27 bits per heavy atom. The summed E-state index contributed by atoms with van der Waals surface area (Å²) in [6.07, 6.45) is 1.17. The molecule has 3 nitrogen and oxygen atoms in total. The van der Waals surface area contributed by atoms with Crippen LogP contribution in [0.3, 0.4) is 0 Å². The molecule has 1 saturated heterocycles. The number of rotatable bonds is 3. The van der Waals surface area contributed by atoms with Gasteiger partial charge in [0, 0.05) is 10.5 Å². The Balaban J connectivity index is 2.38. The summed E-state index contributed by atoms with van der Waals surface area (Å²) in [5.74, 6) is 1.54. The van der Waals surface area contributed by atoms with Gasteiger partial charge in [0.1, 0.15) is 0 Å². The van der Waals surface area contributed by atoms with Gasteiger partial charge in [0.2, 0.25) is 0 Å². The van der Waals surface area contributed by atoms with Crippen LogP contribution in [-0.4, -0.2) is 20.8 Å². The summed E-state index contributed by atoms with van der Waals surface area (Å²) in [6.45, 7) is 1.09. The van der Waals surface area contributed by atoms with E-state index in [1.54, 1.807) is 14.2 Å². The number of methoxy groups -OCH3 is 2. The first kappa shape index (κ1) is 10.8. The topological polar surface area (TPSA) is 30.5 Å². The molecule has 1 aromatic carbocycles. The van der Waals surface area contributed by atoms with Crippen LogP contribution in [0.5, 0.6) is 11.5 Å². The van der Waals surface area contributed by atoms with E-state index in [1.165, 1.54) is 12.0 Å². The van der Waals surface area contributed by atoms with Gasteiger partial charge in [0.05, 0.1) is 14.2 Å². The van der Waals surface area contributed by atoms with Gasteiger partial charge >= 0.3 is 0 Å². The van der Waals surface area contributed by atoms with Gasteiger partial charge in [-0.3, -0.25) is 0 Å². The van der Waals surface area contributed by atoms with E-state index in [9.17, 15) is 0 Å². The molecule has 2 rings (SSSR count). The van der Waals surface area contributed by atoms with E-state index < -0.39 is 0 Å². The highest BCUT2D eigenvalue weighted by atomic mass is 79.9. The first-order valence-corrected chi connectivity index (χ1v) is 5.70. The van der Waals surface area contributed by atoms with Crippen molar-refractivity contribution < 1.29 is 9.47 Å². The Kier molecular flexibility index (Phi) is 3.17. The van der Waals surface area contributed by atoms with Crippen molar-refractivity contribution >= 4 is 15.9 Å². The number of ether oxygens (including phenoxy) is 2. The highest BCUT2D eigenvalue weighted by Gasteiger charge is 2.22. The third-order valence-corrected chi connectivity index (χ3v) is 3.39. The molecule has 1 aliphatic rings. The summed E-state index contributed by atoms with van der Waals surface area (Å²) in [5.41, 5.74) is 1.24. The van der Waals surface area contributed by atoms with Gasteiger partial charge in [-0.2, -0.15) is 0 Å². The number of benzene rings is 1. The SMILES string of the molecule is COc1cc(Br)c([C@H]2CCN2)cc1OC. The van der Waals surface area contributed by atoms with Gasteiger partial charge in [0.25, 0.3) is 0 Å². The van der Waals surface area contributed by atoms with Gasteiger partial charge in [-0.25, -0.2) is 0 Å². The van der Waals surface area contributed by atoms with Crippen molar-refractivity contribution in [2.45, 2.75) is 12.5 Å². The largest absolute Gasteiger partial charge is 0.493 e. The molecule has 0 spiro atoms. The number of hydrogen-bond donors (Lipinski definition) is 1. The molecule has 1 fully saturated rings. The molecular weight excluding hydrogens is 258 g/mol. The second-order valence-electron chi connectivity index (χ2n) is 3.52. The molecule has 1 heterocycles. The molecule has 82 valence electrons. The van der Waals surface area contributed by atoms with Gasteiger partial charge < -0.3 is 14.8 Å². The normalized spacial score (nSPS) is 19.5. The van der Waals surface area contributed by atoms with Crippen molar-refractivity contribution in [3.63, 3.8) is 0 Å². The van der Waals surface area contributed by atoms with E-state index >= 15 is 0 Å². The molecule has 0 unspecified atom stereocenters. The standard InChI is InChI=1S/C11H14BrNO2/c1-14-10-5-7(9-3-4-13-9)8(12)6-11(10)15-2/h5-6,9,13H,3-4H2,1-2H3/t9-/m1/s1. The summed E-state index contributed by atoms with van der Waals surface area (Å²) in [4.78, 5) is 0. The molecule has 1 atom stereocenters. The molecule has 0 radical (unpaired) electrons. The van der Waals surface area contributed by atoms with Crippen LogP contribution in [0.4, 0.5) is 0 Å². The lowest BCUT2D eigenvalue weighted by Gasteiger charge is -2.29. The zero-order chi connectivity index (χ0) is 10.8. The molecule has 1 N–H and O–H groups in total. The Morgan fingerprint density at radius 3 is 2.33 bits per heavy atom. The van der Waals surface area contributed by atoms with E-state index in [4.69, 9.17) is 9.47 Å². The number of hydrogen-bond acceptors (Lipinski definition) is 3. The molecular formula is C11H14BrNO2. The number of nitrogens with one attached hydrogen (secondary N) is 1. The lowest BCUT2D eigenvalue weighted by Crippen LogP contribution is -2.35. The zero-order valence-corrected chi connectivity index (χ0v) is 10.4. The molecule has 0 saturated carbocycles. The first-order valence-electron chi connectivity index (χ1n) is 4.91. The molecule has 0 bridgehead atoms. The molecule has 1 aliphatic heterocycles. The predicted octanol–water partition coefficient (Wildman–Crippen LogP) is 2.50. The zero-order valence-electron chi connectivity index (χ0n) is 8.84. The van der Waals surface area contributed by atoms with Crippen LogP contribution in [0.2, 0.25) is 0 Å². The maximum Gasteiger partial charge on any atom is 0.161 e. The van der Waals surface area contributed by atoms with Crippen LogP contribution < -0.4 is 14.8 Å². The number of halogens is 1. The van der Waals surface area contributed by atoms with Crippen molar-refractivity contribution in [1.82, 2.24) is 5.32 Å².